The molecule has 0 bridgehead atoms. The fourth-order valence-electron chi connectivity index (χ4n) is 3.17. The molecule has 0 aliphatic carbocycles. The van der Waals surface area contributed by atoms with Crippen molar-refractivity contribution in [3.63, 3.8) is 0 Å². The van der Waals surface area contributed by atoms with Crippen LogP contribution in [0.5, 0.6) is 0 Å². The molecule has 1 saturated heterocycles. The van der Waals surface area contributed by atoms with Gasteiger partial charge in [0.15, 0.2) is 0 Å². The first kappa shape index (κ1) is 22.0. The Bertz CT molecular complexity index is 1120. The fraction of sp³-hybridized carbons (Fsp3) is 0.227. The Labute approximate surface area is 190 Å². The number of carbonyl (C=O) groups excluding carboxylic acids is 1. The van der Waals surface area contributed by atoms with Crippen molar-refractivity contribution in [2.45, 2.75) is 15.5 Å². The Hall–Kier alpha value is -2.17. The summed E-state index contributed by atoms with van der Waals surface area (Å²) in [7, 11) is -3.56. The number of amides is 1. The van der Waals surface area contributed by atoms with E-state index in [1.807, 2.05) is 29.6 Å². The molecule has 0 saturated carbocycles. The van der Waals surface area contributed by atoms with E-state index in [0.29, 0.717) is 37.6 Å². The molecule has 2 heterocycles. The molecular formula is C22H22N2O4S3. The maximum Gasteiger partial charge on any atom is 0.256 e. The minimum Gasteiger partial charge on any atom is -0.379 e. The van der Waals surface area contributed by atoms with E-state index in [0.717, 1.165) is 10.6 Å². The Morgan fingerprint density at radius 3 is 2.48 bits per heavy atom. The Morgan fingerprint density at radius 1 is 1.03 bits per heavy atom. The molecule has 0 unspecified atom stereocenters. The van der Waals surface area contributed by atoms with E-state index in [9.17, 15) is 13.2 Å². The number of hydrogen-bond donors (Lipinski definition) is 1. The molecule has 0 spiro atoms. The smallest absolute Gasteiger partial charge is 0.256 e. The second-order valence-corrected chi connectivity index (χ2v) is 10.8. The number of carbonyl (C=O) groups is 1. The number of anilines is 1. The minimum absolute atomic E-state index is 0.208. The molecule has 4 rings (SSSR count). The molecule has 2 aromatic carbocycles. The lowest BCUT2D eigenvalue weighted by Gasteiger charge is -2.26. The van der Waals surface area contributed by atoms with Crippen molar-refractivity contribution >= 4 is 44.7 Å². The van der Waals surface area contributed by atoms with E-state index in [2.05, 4.69) is 11.4 Å². The highest BCUT2D eigenvalue weighted by Gasteiger charge is 2.26. The highest BCUT2D eigenvalue weighted by Crippen LogP contribution is 2.28. The Morgan fingerprint density at radius 2 is 1.77 bits per heavy atom. The molecule has 1 aliphatic heterocycles. The average molecular weight is 475 g/mol. The third kappa shape index (κ3) is 5.36. The van der Waals surface area contributed by atoms with Gasteiger partial charge in [0.1, 0.15) is 0 Å². The second-order valence-electron chi connectivity index (χ2n) is 6.86. The zero-order chi connectivity index (χ0) is 21.7. The molecule has 1 fully saturated rings. The van der Waals surface area contributed by atoms with Crippen molar-refractivity contribution in [3.8, 4) is 0 Å². The number of sulfonamides is 1. The summed E-state index contributed by atoms with van der Waals surface area (Å²) < 4.78 is 32.1. The SMILES string of the molecule is O=C(Nc1ccc(S(=O)(=O)N2CCOCC2)cc1)c1ccccc1SCc1cccs1. The van der Waals surface area contributed by atoms with Gasteiger partial charge in [0, 0.05) is 34.3 Å². The van der Waals surface area contributed by atoms with Crippen LogP contribution in [0.4, 0.5) is 5.69 Å². The number of nitrogens with zero attached hydrogens (tertiary/aromatic N) is 1. The van der Waals surface area contributed by atoms with Gasteiger partial charge in [-0.1, -0.05) is 18.2 Å². The van der Waals surface area contributed by atoms with Crippen LogP contribution in [0.15, 0.2) is 75.8 Å². The topological polar surface area (TPSA) is 75.7 Å². The fourth-order valence-corrected chi connectivity index (χ4v) is 6.40. The molecule has 1 aromatic heterocycles. The Kier molecular flexibility index (Phi) is 7.09. The van der Waals surface area contributed by atoms with Crippen molar-refractivity contribution in [2.75, 3.05) is 31.6 Å². The minimum atomic E-state index is -3.56. The summed E-state index contributed by atoms with van der Waals surface area (Å²) in [5, 5.41) is 4.91. The maximum atomic E-state index is 12.9. The van der Waals surface area contributed by atoms with Crippen LogP contribution in [-0.4, -0.2) is 44.9 Å². The van der Waals surface area contributed by atoms with Crippen LogP contribution < -0.4 is 5.32 Å². The maximum absolute atomic E-state index is 12.9. The number of thiophene rings is 1. The highest BCUT2D eigenvalue weighted by molar-refractivity contribution is 7.98. The summed E-state index contributed by atoms with van der Waals surface area (Å²) in [5.41, 5.74) is 1.14. The molecule has 9 heteroatoms. The van der Waals surface area contributed by atoms with Crippen molar-refractivity contribution in [1.29, 1.82) is 0 Å². The van der Waals surface area contributed by atoms with Crippen LogP contribution in [0.3, 0.4) is 0 Å². The van der Waals surface area contributed by atoms with E-state index >= 15 is 0 Å². The number of ether oxygens (including phenoxy) is 1. The predicted molar refractivity (Wildman–Crippen MR) is 124 cm³/mol. The average Bonchev–Trinajstić information content (AvgIpc) is 3.32. The number of morpholine rings is 1. The summed E-state index contributed by atoms with van der Waals surface area (Å²) >= 11 is 3.31. The number of nitrogens with one attached hydrogen (secondary N) is 1. The third-order valence-electron chi connectivity index (χ3n) is 4.80. The van der Waals surface area contributed by atoms with Crippen molar-refractivity contribution in [3.05, 3.63) is 76.5 Å². The zero-order valence-corrected chi connectivity index (χ0v) is 19.1. The first-order valence-electron chi connectivity index (χ1n) is 9.77. The summed E-state index contributed by atoms with van der Waals surface area (Å²) in [6.45, 7) is 1.50. The summed E-state index contributed by atoms with van der Waals surface area (Å²) in [6.07, 6.45) is 0. The van der Waals surface area contributed by atoms with Gasteiger partial charge in [0.25, 0.3) is 5.91 Å². The van der Waals surface area contributed by atoms with E-state index in [-0.39, 0.29) is 10.8 Å². The largest absolute Gasteiger partial charge is 0.379 e. The van der Waals surface area contributed by atoms with Gasteiger partial charge in [-0.3, -0.25) is 4.79 Å². The van der Waals surface area contributed by atoms with Gasteiger partial charge in [-0.15, -0.1) is 23.1 Å². The van der Waals surface area contributed by atoms with E-state index in [1.54, 1.807) is 41.3 Å². The van der Waals surface area contributed by atoms with Crippen LogP contribution in [0.1, 0.15) is 15.2 Å². The highest BCUT2D eigenvalue weighted by atomic mass is 32.2. The first-order chi connectivity index (χ1) is 15.0. The summed E-state index contributed by atoms with van der Waals surface area (Å²) in [6, 6.07) is 17.9. The number of benzene rings is 2. The summed E-state index contributed by atoms with van der Waals surface area (Å²) in [4.78, 5) is 15.2. The lowest BCUT2D eigenvalue weighted by molar-refractivity contribution is 0.0730. The van der Waals surface area contributed by atoms with Crippen LogP contribution in [-0.2, 0) is 20.5 Å². The van der Waals surface area contributed by atoms with E-state index in [4.69, 9.17) is 4.74 Å². The number of thioether (sulfide) groups is 1. The molecule has 6 nitrogen and oxygen atoms in total. The molecule has 3 aromatic rings. The van der Waals surface area contributed by atoms with Gasteiger partial charge in [-0.2, -0.15) is 4.31 Å². The van der Waals surface area contributed by atoms with Gasteiger partial charge < -0.3 is 10.1 Å². The first-order valence-corrected chi connectivity index (χ1v) is 13.1. The molecule has 31 heavy (non-hydrogen) atoms. The van der Waals surface area contributed by atoms with Gasteiger partial charge >= 0.3 is 0 Å². The number of rotatable bonds is 7. The quantitative estimate of drug-likeness (QED) is 0.517. The monoisotopic (exact) mass is 474 g/mol. The molecular weight excluding hydrogens is 452 g/mol. The van der Waals surface area contributed by atoms with Crippen LogP contribution in [0.25, 0.3) is 0 Å². The van der Waals surface area contributed by atoms with Crippen molar-refractivity contribution in [2.24, 2.45) is 0 Å². The van der Waals surface area contributed by atoms with Crippen LogP contribution in [0, 0.1) is 0 Å². The predicted octanol–water partition coefficient (Wildman–Crippen LogP) is 4.31. The lowest BCUT2D eigenvalue weighted by atomic mass is 10.2. The summed E-state index contributed by atoms with van der Waals surface area (Å²) in [5.74, 6) is 0.578. The van der Waals surface area contributed by atoms with Crippen LogP contribution >= 0.6 is 23.1 Å². The molecule has 0 radical (unpaired) electrons. The second kappa shape index (κ2) is 9.97. The third-order valence-corrected chi connectivity index (χ3v) is 8.90. The van der Waals surface area contributed by atoms with E-state index < -0.39 is 10.0 Å². The molecule has 1 amide bonds. The van der Waals surface area contributed by atoms with Crippen LogP contribution in [0.2, 0.25) is 0 Å². The molecule has 162 valence electrons. The van der Waals surface area contributed by atoms with Crippen molar-refractivity contribution in [1.82, 2.24) is 4.31 Å². The van der Waals surface area contributed by atoms with E-state index in [1.165, 1.54) is 21.3 Å². The lowest BCUT2D eigenvalue weighted by Crippen LogP contribution is -2.40. The van der Waals surface area contributed by atoms with Gasteiger partial charge in [0.05, 0.1) is 23.7 Å². The van der Waals surface area contributed by atoms with Gasteiger partial charge in [0.2, 0.25) is 10.0 Å². The normalized spacial score (nSPS) is 15.0. The van der Waals surface area contributed by atoms with Crippen molar-refractivity contribution < 1.29 is 17.9 Å². The number of hydrogen-bond acceptors (Lipinski definition) is 6. The van der Waals surface area contributed by atoms with Gasteiger partial charge in [-0.05, 0) is 47.8 Å². The standard InChI is InChI=1S/C22H22N2O4S3/c25-22(20-5-1-2-6-21(20)30-16-18-4-3-15-29-18)23-17-7-9-19(10-8-17)31(26,27)24-11-13-28-14-12-24/h1-10,15H,11-14,16H2,(H,23,25). The van der Waals surface area contributed by atoms with Gasteiger partial charge in [-0.25, -0.2) is 8.42 Å². The molecule has 0 atom stereocenters. The molecule has 1 aliphatic rings. The molecule has 1 N–H and O–H groups in total. The Balaban J connectivity index is 1.44. The zero-order valence-electron chi connectivity index (χ0n) is 16.7.